The van der Waals surface area contributed by atoms with Crippen molar-refractivity contribution in [3.63, 3.8) is 0 Å². The van der Waals surface area contributed by atoms with Crippen molar-refractivity contribution >= 4 is 31.5 Å². The van der Waals surface area contributed by atoms with Gasteiger partial charge in [-0.2, -0.15) is 0 Å². The van der Waals surface area contributed by atoms with Crippen molar-refractivity contribution in [1.82, 2.24) is 14.7 Å². The zero-order valence-corrected chi connectivity index (χ0v) is 15.6. The van der Waals surface area contributed by atoms with Crippen LogP contribution in [0.3, 0.4) is 0 Å². The van der Waals surface area contributed by atoms with Crippen molar-refractivity contribution in [2.75, 3.05) is 45.7 Å². The maximum absolute atomic E-state index is 6.01. The molecule has 0 unspecified atom stereocenters. The molecule has 0 aromatic heterocycles. The summed E-state index contributed by atoms with van der Waals surface area (Å²) in [4.78, 5) is 0. The molecule has 124 valence electrons. The highest BCUT2D eigenvalue weighted by atomic mass is 32.1. The third-order valence-corrected chi connectivity index (χ3v) is 5.52. The lowest BCUT2D eigenvalue weighted by atomic mass is 10.3. The molecule has 0 aliphatic rings. The van der Waals surface area contributed by atoms with Crippen LogP contribution in [-0.4, -0.2) is 54.8 Å². The van der Waals surface area contributed by atoms with Gasteiger partial charge in [-0.25, -0.2) is 0 Å². The normalized spacial score (nSPS) is 11.2. The van der Waals surface area contributed by atoms with Gasteiger partial charge in [-0.15, -0.1) is 0 Å². The van der Waals surface area contributed by atoms with Crippen LogP contribution in [0.4, 0.5) is 5.69 Å². The van der Waals surface area contributed by atoms with Gasteiger partial charge in [0.05, 0.1) is 6.61 Å². The number of para-hydroxylation sites is 1. The van der Waals surface area contributed by atoms with Crippen molar-refractivity contribution in [3.05, 3.63) is 30.3 Å². The van der Waals surface area contributed by atoms with Crippen LogP contribution in [0.25, 0.3) is 0 Å². The Labute approximate surface area is 141 Å². The van der Waals surface area contributed by atoms with E-state index in [1.54, 1.807) is 0 Å². The second kappa shape index (κ2) is 10.9. The zero-order chi connectivity index (χ0) is 16.4. The third kappa shape index (κ3) is 6.99. The highest BCUT2D eigenvalue weighted by Crippen LogP contribution is 2.42. The highest BCUT2D eigenvalue weighted by Gasteiger charge is 2.18. The molecule has 1 aromatic rings. The van der Waals surface area contributed by atoms with E-state index in [1.807, 2.05) is 30.3 Å². The second-order valence-corrected chi connectivity index (χ2v) is 7.32. The summed E-state index contributed by atoms with van der Waals surface area (Å²) in [6.45, 7) is 7.52. The Hall–Kier alpha value is -0.780. The number of nitrogens with zero attached hydrogens (tertiary/aromatic N) is 2. The lowest BCUT2D eigenvalue weighted by Crippen LogP contribution is -2.32. The molecule has 1 aromatic carbocycles. The maximum atomic E-state index is 6.01. The number of rotatable bonds is 9. The summed E-state index contributed by atoms with van der Waals surface area (Å²) in [6.07, 6.45) is 0. The molecule has 0 bridgehead atoms. The molecule has 0 aliphatic carbocycles. The molecule has 0 fully saturated rings. The largest absolute Gasteiger partial charge is 0.360 e. The molecule has 0 radical (unpaired) electrons. The summed E-state index contributed by atoms with van der Waals surface area (Å²) in [5.41, 5.74) is 0.986. The number of hydrogen-bond donors (Lipinski definition) is 2. The first kappa shape index (κ1) is 19.3. The van der Waals surface area contributed by atoms with Crippen LogP contribution >= 0.6 is 20.7 Å². The first-order chi connectivity index (χ1) is 10.6. The smallest absolute Gasteiger partial charge is 0.187 e. The van der Waals surface area contributed by atoms with Crippen LogP contribution in [0.5, 0.6) is 0 Å². The fourth-order valence-corrected chi connectivity index (χ4v) is 3.56. The Morgan fingerprint density at radius 1 is 1.14 bits per heavy atom. The molecule has 22 heavy (non-hydrogen) atoms. The van der Waals surface area contributed by atoms with E-state index in [4.69, 9.17) is 16.7 Å². The summed E-state index contributed by atoms with van der Waals surface area (Å²) in [7, 11) is 3.48. The molecule has 0 saturated carbocycles. The van der Waals surface area contributed by atoms with Crippen LogP contribution in [0, 0.1) is 0 Å². The lowest BCUT2D eigenvalue weighted by molar-refractivity contribution is 0.287. The van der Waals surface area contributed by atoms with Crippen molar-refractivity contribution in [2.45, 2.75) is 13.8 Å². The van der Waals surface area contributed by atoms with Crippen LogP contribution in [0.2, 0.25) is 0 Å². The zero-order valence-electron chi connectivity index (χ0n) is 13.9. The minimum absolute atomic E-state index is 0.617. The van der Waals surface area contributed by atoms with Crippen LogP contribution in [-0.2, 0) is 4.52 Å². The average Bonchev–Trinajstić information content (AvgIpc) is 2.54. The topological polar surface area (TPSA) is 39.8 Å². The Morgan fingerprint density at radius 2 is 1.73 bits per heavy atom. The van der Waals surface area contributed by atoms with Gasteiger partial charge in [-0.1, -0.05) is 32.0 Å². The number of nitrogens with one attached hydrogen (secondary N) is 2. The van der Waals surface area contributed by atoms with Crippen molar-refractivity contribution < 1.29 is 4.52 Å². The minimum Gasteiger partial charge on any atom is -0.360 e. The van der Waals surface area contributed by atoms with E-state index in [9.17, 15) is 0 Å². The summed E-state index contributed by atoms with van der Waals surface area (Å²) in [6, 6.07) is 9.89. The average molecular weight is 342 g/mol. The quantitative estimate of drug-likeness (QED) is 0.408. The number of hydrogen-bond acceptors (Lipinski definition) is 4. The molecule has 0 amide bonds. The van der Waals surface area contributed by atoms with Gasteiger partial charge in [-0.05, 0) is 38.4 Å². The SMILES string of the molecule is CCN(C)P(OCCNC(=S)Nc1ccccc1)N(C)CC. The van der Waals surface area contributed by atoms with E-state index in [0.29, 0.717) is 18.3 Å². The van der Waals surface area contributed by atoms with E-state index < -0.39 is 8.45 Å². The minimum atomic E-state index is -0.699. The molecule has 5 nitrogen and oxygen atoms in total. The Balaban J connectivity index is 2.29. The molecule has 0 saturated heterocycles. The standard InChI is InChI=1S/C15H27N4OPS/c1-5-18(3)21(19(4)6-2)20-13-12-16-15(22)17-14-10-8-7-9-11-14/h7-11H,5-6,12-13H2,1-4H3,(H2,16,17,22). The molecule has 2 N–H and O–H groups in total. The van der Waals surface area contributed by atoms with Crippen LogP contribution in [0.1, 0.15) is 13.8 Å². The van der Waals surface area contributed by atoms with E-state index in [1.165, 1.54) is 0 Å². The van der Waals surface area contributed by atoms with Crippen molar-refractivity contribution in [1.29, 1.82) is 0 Å². The molecular weight excluding hydrogens is 315 g/mol. The molecule has 0 spiro atoms. The summed E-state index contributed by atoms with van der Waals surface area (Å²) in [5, 5.41) is 6.93. The van der Waals surface area contributed by atoms with E-state index in [0.717, 1.165) is 18.8 Å². The maximum Gasteiger partial charge on any atom is 0.187 e. The third-order valence-electron chi connectivity index (χ3n) is 3.13. The van der Waals surface area contributed by atoms with Gasteiger partial charge in [0.25, 0.3) is 0 Å². The van der Waals surface area contributed by atoms with E-state index >= 15 is 0 Å². The van der Waals surface area contributed by atoms with Gasteiger partial charge in [0, 0.05) is 25.3 Å². The summed E-state index contributed by atoms with van der Waals surface area (Å²) >= 11 is 5.27. The van der Waals surface area contributed by atoms with Crippen LogP contribution < -0.4 is 10.6 Å². The molecule has 7 heteroatoms. The summed E-state index contributed by atoms with van der Waals surface area (Å²) in [5.74, 6) is 0. The highest BCUT2D eigenvalue weighted by molar-refractivity contribution is 7.80. The predicted molar refractivity (Wildman–Crippen MR) is 100 cm³/mol. The predicted octanol–water partition coefficient (Wildman–Crippen LogP) is 3.12. The van der Waals surface area contributed by atoms with Crippen LogP contribution in [0.15, 0.2) is 30.3 Å². The molecular formula is C15H27N4OPS. The van der Waals surface area contributed by atoms with E-state index in [-0.39, 0.29) is 0 Å². The summed E-state index contributed by atoms with van der Waals surface area (Å²) < 4.78 is 10.5. The Bertz CT molecular complexity index is 425. The first-order valence-electron chi connectivity index (χ1n) is 7.53. The molecule has 0 atom stereocenters. The van der Waals surface area contributed by atoms with Gasteiger partial charge in [0.1, 0.15) is 0 Å². The molecule has 0 aliphatic heterocycles. The van der Waals surface area contributed by atoms with Crippen molar-refractivity contribution in [2.24, 2.45) is 0 Å². The Morgan fingerprint density at radius 3 is 2.27 bits per heavy atom. The van der Waals surface area contributed by atoms with Gasteiger partial charge >= 0.3 is 0 Å². The second-order valence-electron chi connectivity index (χ2n) is 4.78. The fourth-order valence-electron chi connectivity index (χ4n) is 1.69. The van der Waals surface area contributed by atoms with E-state index in [2.05, 4.69) is 47.9 Å². The molecule has 0 heterocycles. The van der Waals surface area contributed by atoms with Crippen molar-refractivity contribution in [3.8, 4) is 0 Å². The fraction of sp³-hybridized carbons (Fsp3) is 0.533. The monoisotopic (exact) mass is 342 g/mol. The number of thiocarbonyl (C=S) groups is 1. The van der Waals surface area contributed by atoms with Gasteiger partial charge in [0.2, 0.25) is 0 Å². The van der Waals surface area contributed by atoms with Gasteiger partial charge < -0.3 is 15.2 Å². The lowest BCUT2D eigenvalue weighted by Gasteiger charge is -2.32. The van der Waals surface area contributed by atoms with Gasteiger partial charge in [-0.3, -0.25) is 9.34 Å². The number of anilines is 1. The number of benzene rings is 1. The Kier molecular flexibility index (Phi) is 9.52. The van der Waals surface area contributed by atoms with Gasteiger partial charge in [0.15, 0.2) is 13.6 Å². The molecule has 1 rings (SSSR count). The first-order valence-corrected chi connectivity index (χ1v) is 9.10.